The van der Waals surface area contributed by atoms with Crippen molar-refractivity contribution in [2.75, 3.05) is 26.4 Å². The van der Waals surface area contributed by atoms with Crippen molar-refractivity contribution in [3.8, 4) is 0 Å². The van der Waals surface area contributed by atoms with Gasteiger partial charge in [0.2, 0.25) is 0 Å². The summed E-state index contributed by atoms with van der Waals surface area (Å²) < 4.78 is 23.0. The number of aliphatic hydroxyl groups is 4. The zero-order chi connectivity index (χ0) is 50.6. The Morgan fingerprint density at radius 1 is 0.471 bits per heavy atom. The van der Waals surface area contributed by atoms with E-state index in [1.54, 1.807) is 0 Å². The maximum Gasteiger partial charge on any atom is 0.306 e. The van der Waals surface area contributed by atoms with E-state index in [-0.39, 0.29) is 19.2 Å². The predicted octanol–water partition coefficient (Wildman–Crippen LogP) is 15.2. The van der Waals surface area contributed by atoms with Crippen molar-refractivity contribution in [1.82, 2.24) is 0 Å². The van der Waals surface area contributed by atoms with Gasteiger partial charge in [-0.05, 0) is 83.5 Å². The first-order chi connectivity index (χ1) is 34.4. The summed E-state index contributed by atoms with van der Waals surface area (Å²) in [5.41, 5.74) is 0. The Labute approximate surface area is 429 Å². The second-order valence-corrected chi connectivity index (χ2v) is 19.7. The largest absolute Gasteiger partial charge is 0.457 e. The van der Waals surface area contributed by atoms with Crippen molar-refractivity contribution < 1.29 is 44.2 Å². The second kappa shape index (κ2) is 51.5. The number of hydrogen-bond acceptors (Lipinski definition) is 9. The van der Waals surface area contributed by atoms with E-state index in [1.165, 1.54) is 148 Å². The summed E-state index contributed by atoms with van der Waals surface area (Å²) in [6, 6.07) is 0. The van der Waals surface area contributed by atoms with Gasteiger partial charge in [-0.15, -0.1) is 0 Å². The number of carbonyl (C=O) groups excluding carboxylic acids is 1. The van der Waals surface area contributed by atoms with Crippen LogP contribution in [0, 0.1) is 0 Å². The number of ether oxygens (including phenoxy) is 4. The predicted molar refractivity (Wildman–Crippen MR) is 293 cm³/mol. The quantitative estimate of drug-likeness (QED) is 0.0267. The maximum atomic E-state index is 12.9. The molecular weight excluding hydrogens is 877 g/mol. The van der Waals surface area contributed by atoms with Crippen LogP contribution >= 0.6 is 0 Å². The molecule has 0 spiro atoms. The lowest BCUT2D eigenvalue weighted by atomic mass is 9.99. The fourth-order valence-electron chi connectivity index (χ4n) is 8.63. The lowest BCUT2D eigenvalue weighted by molar-refractivity contribution is -0.305. The number of rotatable bonds is 50. The molecule has 0 saturated carbocycles. The molecule has 0 aliphatic carbocycles. The van der Waals surface area contributed by atoms with Gasteiger partial charge < -0.3 is 39.4 Å². The zero-order valence-electron chi connectivity index (χ0n) is 45.0. The minimum atomic E-state index is -1.54. The van der Waals surface area contributed by atoms with Crippen LogP contribution in [0.3, 0.4) is 0 Å². The summed E-state index contributed by atoms with van der Waals surface area (Å²) in [5, 5.41) is 40.4. The molecule has 6 atom stereocenters. The zero-order valence-corrected chi connectivity index (χ0v) is 45.0. The van der Waals surface area contributed by atoms with Gasteiger partial charge in [-0.25, -0.2) is 0 Å². The van der Waals surface area contributed by atoms with E-state index in [9.17, 15) is 25.2 Å². The third-order valence-corrected chi connectivity index (χ3v) is 13.1. The smallest absolute Gasteiger partial charge is 0.306 e. The average Bonchev–Trinajstić information content (AvgIpc) is 3.36. The highest BCUT2D eigenvalue weighted by molar-refractivity contribution is 5.69. The van der Waals surface area contributed by atoms with Crippen molar-refractivity contribution >= 4 is 5.97 Å². The van der Waals surface area contributed by atoms with Gasteiger partial charge in [-0.3, -0.25) is 4.79 Å². The average molecular weight is 986 g/mol. The first-order valence-corrected chi connectivity index (χ1v) is 29.0. The number of unbranched alkanes of at least 4 members (excludes halogenated alkanes) is 27. The Bertz CT molecular complexity index is 1310. The first kappa shape index (κ1) is 65.6. The van der Waals surface area contributed by atoms with E-state index in [2.05, 4.69) is 86.8 Å². The van der Waals surface area contributed by atoms with E-state index in [0.717, 1.165) is 77.0 Å². The fourth-order valence-corrected chi connectivity index (χ4v) is 8.63. The molecule has 9 heteroatoms. The van der Waals surface area contributed by atoms with Gasteiger partial charge in [0.1, 0.15) is 30.5 Å². The molecule has 1 fully saturated rings. The molecule has 406 valence electrons. The van der Waals surface area contributed by atoms with Crippen molar-refractivity contribution in [2.24, 2.45) is 0 Å². The molecule has 0 aromatic rings. The van der Waals surface area contributed by atoms with Gasteiger partial charge >= 0.3 is 5.97 Å². The minimum absolute atomic E-state index is 0.119. The van der Waals surface area contributed by atoms with Crippen LogP contribution in [0.1, 0.15) is 245 Å². The molecule has 1 heterocycles. The molecule has 6 unspecified atom stereocenters. The van der Waals surface area contributed by atoms with Crippen molar-refractivity contribution in [2.45, 2.75) is 282 Å². The number of esters is 1. The van der Waals surface area contributed by atoms with Crippen LogP contribution in [-0.2, 0) is 23.7 Å². The minimum Gasteiger partial charge on any atom is -0.457 e. The fraction of sp³-hybridized carbons (Fsp3) is 0.787. The molecular formula is C61H108O9. The Kier molecular flexibility index (Phi) is 48.3. The summed E-state index contributed by atoms with van der Waals surface area (Å²) >= 11 is 0. The SMILES string of the molecule is CC/C=C\C/C=C\C/C=C\C/C=C\C/C=C\CCCCCCCCCCOCC(COC1OC(CO)C(O)C(O)C1O)OC(=O)CCCCCCCCCCCCC/C=C\CCCCCCCCCC. The molecule has 0 aromatic heterocycles. The molecule has 1 aliphatic heterocycles. The molecule has 70 heavy (non-hydrogen) atoms. The standard InChI is InChI=1S/C61H108O9/c1-3-5-7-9-11-13-15-17-19-21-23-25-27-29-31-33-35-37-39-41-43-45-47-49-51-67-53-55(54-68-61-60(66)59(65)58(64)56(52-62)70-61)69-57(63)50-48-46-44-42-40-38-36-34-32-30-28-26-24-22-20-18-16-14-12-10-8-6-4-2/h5,7,11,13,17,19,22-25,29,31,55-56,58-62,64-66H,3-4,6,8-10,12,14-16,18,20-21,26-28,30,32-54H2,1-2H3/b7-5-,13-11-,19-17-,24-22-,25-23-,31-29-. The van der Waals surface area contributed by atoms with Gasteiger partial charge in [0.15, 0.2) is 6.29 Å². The van der Waals surface area contributed by atoms with E-state index in [1.807, 2.05) is 0 Å². The van der Waals surface area contributed by atoms with Crippen molar-refractivity contribution in [3.05, 3.63) is 72.9 Å². The number of aliphatic hydroxyl groups excluding tert-OH is 4. The van der Waals surface area contributed by atoms with Gasteiger partial charge in [0.05, 0.1) is 19.8 Å². The highest BCUT2D eigenvalue weighted by Gasteiger charge is 2.44. The number of carbonyl (C=O) groups is 1. The third-order valence-electron chi connectivity index (χ3n) is 13.1. The van der Waals surface area contributed by atoms with Crippen LogP contribution < -0.4 is 0 Å². The van der Waals surface area contributed by atoms with Crippen LogP contribution in [-0.4, -0.2) is 89.6 Å². The van der Waals surface area contributed by atoms with E-state index >= 15 is 0 Å². The molecule has 1 saturated heterocycles. The number of hydrogen-bond donors (Lipinski definition) is 4. The van der Waals surface area contributed by atoms with Crippen molar-refractivity contribution in [3.63, 3.8) is 0 Å². The van der Waals surface area contributed by atoms with E-state index in [4.69, 9.17) is 18.9 Å². The first-order valence-electron chi connectivity index (χ1n) is 29.0. The monoisotopic (exact) mass is 985 g/mol. The summed E-state index contributed by atoms with van der Waals surface area (Å²) in [6.45, 7) is 4.45. The molecule has 1 rings (SSSR count). The lowest BCUT2D eigenvalue weighted by Crippen LogP contribution is -2.59. The molecule has 9 nitrogen and oxygen atoms in total. The normalized spacial score (nSPS) is 19.4. The van der Waals surface area contributed by atoms with Gasteiger partial charge in [0, 0.05) is 13.0 Å². The Morgan fingerprint density at radius 2 is 0.871 bits per heavy atom. The van der Waals surface area contributed by atoms with E-state index in [0.29, 0.717) is 13.0 Å². The van der Waals surface area contributed by atoms with Gasteiger partial charge in [-0.1, -0.05) is 228 Å². The molecule has 1 aliphatic rings. The van der Waals surface area contributed by atoms with Gasteiger partial charge in [0.25, 0.3) is 0 Å². The Morgan fingerprint density at radius 3 is 1.33 bits per heavy atom. The van der Waals surface area contributed by atoms with Gasteiger partial charge in [-0.2, -0.15) is 0 Å². The summed E-state index contributed by atoms with van der Waals surface area (Å²) in [6.07, 6.45) is 62.3. The molecule has 0 radical (unpaired) electrons. The highest BCUT2D eigenvalue weighted by atomic mass is 16.7. The van der Waals surface area contributed by atoms with Crippen LogP contribution in [0.25, 0.3) is 0 Å². The van der Waals surface area contributed by atoms with Crippen LogP contribution in [0.4, 0.5) is 0 Å². The molecule has 0 amide bonds. The summed E-state index contributed by atoms with van der Waals surface area (Å²) in [5.74, 6) is -0.317. The second-order valence-electron chi connectivity index (χ2n) is 19.7. The maximum absolute atomic E-state index is 12.9. The summed E-state index contributed by atoms with van der Waals surface area (Å²) in [7, 11) is 0. The van der Waals surface area contributed by atoms with E-state index < -0.39 is 43.4 Å². The lowest BCUT2D eigenvalue weighted by Gasteiger charge is -2.39. The van der Waals surface area contributed by atoms with Crippen LogP contribution in [0.5, 0.6) is 0 Å². The molecule has 0 bridgehead atoms. The summed E-state index contributed by atoms with van der Waals surface area (Å²) in [4.78, 5) is 12.9. The van der Waals surface area contributed by atoms with Crippen molar-refractivity contribution in [1.29, 1.82) is 0 Å². The topological polar surface area (TPSA) is 135 Å². The Hall–Kier alpha value is -2.37. The molecule has 0 aromatic carbocycles. The van der Waals surface area contributed by atoms with Crippen LogP contribution in [0.2, 0.25) is 0 Å². The third kappa shape index (κ3) is 41.1. The highest BCUT2D eigenvalue weighted by Crippen LogP contribution is 2.23. The molecule has 4 N–H and O–H groups in total. The Balaban J connectivity index is 2.17. The van der Waals surface area contributed by atoms with Crippen LogP contribution in [0.15, 0.2) is 72.9 Å². The number of allylic oxidation sites excluding steroid dienone is 12.